The maximum atomic E-state index is 12.6. The Morgan fingerprint density at radius 2 is 2.12 bits per heavy atom. The molecule has 0 aliphatic rings. The first-order valence-corrected chi connectivity index (χ1v) is 5.11. The molecule has 5 heteroatoms. The number of amides is 1. The topological polar surface area (TPSA) is 55.1 Å². The first-order chi connectivity index (χ1) is 8.13. The molecule has 1 amide bonds. The fourth-order valence-electron chi connectivity index (χ4n) is 1.40. The normalized spacial score (nSPS) is 10.2. The summed E-state index contributed by atoms with van der Waals surface area (Å²) in [4.78, 5) is 11.6. The van der Waals surface area contributed by atoms with E-state index in [4.69, 9.17) is 4.52 Å². The van der Waals surface area contributed by atoms with Crippen LogP contribution in [0.1, 0.15) is 11.5 Å². The highest BCUT2D eigenvalue weighted by atomic mass is 19.1. The molecule has 0 aliphatic carbocycles. The number of anilines is 1. The maximum Gasteiger partial charge on any atom is 0.232 e. The molecular weight excluding hydrogens is 223 g/mol. The number of benzene rings is 1. The third-order valence-electron chi connectivity index (χ3n) is 2.14. The zero-order valence-corrected chi connectivity index (χ0v) is 9.24. The van der Waals surface area contributed by atoms with E-state index in [-0.39, 0.29) is 18.1 Å². The Hall–Kier alpha value is -2.17. The van der Waals surface area contributed by atoms with Gasteiger partial charge in [0.15, 0.2) is 0 Å². The molecular formula is C12H11FN2O2. The van der Waals surface area contributed by atoms with Gasteiger partial charge in [-0.05, 0) is 31.2 Å². The second kappa shape index (κ2) is 4.78. The van der Waals surface area contributed by atoms with E-state index in [0.29, 0.717) is 11.4 Å². The molecule has 1 aromatic heterocycles. The van der Waals surface area contributed by atoms with Gasteiger partial charge in [-0.2, -0.15) is 0 Å². The summed E-state index contributed by atoms with van der Waals surface area (Å²) < 4.78 is 17.6. The summed E-state index contributed by atoms with van der Waals surface area (Å²) in [6.45, 7) is 1.78. The van der Waals surface area contributed by atoms with Crippen LogP contribution in [0.3, 0.4) is 0 Å². The second-order valence-electron chi connectivity index (χ2n) is 3.67. The molecule has 0 saturated carbocycles. The molecule has 17 heavy (non-hydrogen) atoms. The Kier molecular flexibility index (Phi) is 3.18. The van der Waals surface area contributed by atoms with Crippen molar-refractivity contribution in [3.05, 3.63) is 47.6 Å². The Labute approximate surface area is 97.4 Å². The smallest absolute Gasteiger partial charge is 0.232 e. The number of aryl methyl sites for hydroxylation is 1. The van der Waals surface area contributed by atoms with Crippen molar-refractivity contribution in [3.8, 4) is 0 Å². The van der Waals surface area contributed by atoms with Crippen molar-refractivity contribution in [2.75, 3.05) is 5.32 Å². The van der Waals surface area contributed by atoms with Crippen LogP contribution in [-0.2, 0) is 11.2 Å². The summed E-state index contributed by atoms with van der Waals surface area (Å²) in [6.07, 6.45) is 0.109. The average molecular weight is 234 g/mol. The fourth-order valence-corrected chi connectivity index (χ4v) is 1.40. The molecule has 0 bridgehead atoms. The summed E-state index contributed by atoms with van der Waals surface area (Å²) in [5.41, 5.74) is 1.28. The molecule has 1 heterocycles. The lowest BCUT2D eigenvalue weighted by Crippen LogP contribution is -2.13. The highest BCUT2D eigenvalue weighted by molar-refractivity contribution is 5.91. The molecule has 88 valence electrons. The van der Waals surface area contributed by atoms with Crippen LogP contribution in [0.5, 0.6) is 0 Å². The predicted molar refractivity (Wildman–Crippen MR) is 60.0 cm³/mol. The largest absolute Gasteiger partial charge is 0.361 e. The minimum atomic E-state index is -0.339. The second-order valence-corrected chi connectivity index (χ2v) is 3.67. The third kappa shape index (κ3) is 3.14. The summed E-state index contributed by atoms with van der Waals surface area (Å²) in [5, 5.41) is 6.32. The van der Waals surface area contributed by atoms with Gasteiger partial charge in [-0.1, -0.05) is 5.16 Å². The van der Waals surface area contributed by atoms with Crippen molar-refractivity contribution in [3.63, 3.8) is 0 Å². The molecule has 0 fully saturated rings. The summed E-state index contributed by atoms with van der Waals surface area (Å²) in [7, 11) is 0. The zero-order valence-electron chi connectivity index (χ0n) is 9.24. The van der Waals surface area contributed by atoms with Crippen LogP contribution in [-0.4, -0.2) is 11.1 Å². The van der Waals surface area contributed by atoms with Crippen LogP contribution in [0.15, 0.2) is 34.9 Å². The van der Waals surface area contributed by atoms with Gasteiger partial charge in [0, 0.05) is 11.8 Å². The van der Waals surface area contributed by atoms with Crippen molar-refractivity contribution < 1.29 is 13.7 Å². The third-order valence-corrected chi connectivity index (χ3v) is 2.14. The number of carbonyl (C=O) groups excluding carboxylic acids is 1. The number of nitrogens with zero attached hydrogens (tertiary/aromatic N) is 1. The van der Waals surface area contributed by atoms with Crippen molar-refractivity contribution >= 4 is 11.6 Å². The Balaban J connectivity index is 1.95. The van der Waals surface area contributed by atoms with Crippen LogP contribution in [0, 0.1) is 12.7 Å². The maximum absolute atomic E-state index is 12.6. The van der Waals surface area contributed by atoms with Gasteiger partial charge in [-0.3, -0.25) is 4.79 Å². The molecule has 1 aromatic carbocycles. The number of aromatic nitrogens is 1. The van der Waals surface area contributed by atoms with Crippen LogP contribution in [0.4, 0.5) is 10.1 Å². The zero-order chi connectivity index (χ0) is 12.3. The van der Waals surface area contributed by atoms with Gasteiger partial charge >= 0.3 is 0 Å². The molecule has 0 unspecified atom stereocenters. The SMILES string of the molecule is Cc1cc(CC(=O)Nc2ccc(F)cc2)on1. The van der Waals surface area contributed by atoms with Crippen molar-refractivity contribution in [1.29, 1.82) is 0 Å². The summed E-state index contributed by atoms with van der Waals surface area (Å²) >= 11 is 0. The highest BCUT2D eigenvalue weighted by Gasteiger charge is 2.08. The Bertz CT molecular complexity index is 520. The first kappa shape index (κ1) is 11.3. The Morgan fingerprint density at radius 3 is 2.71 bits per heavy atom. The molecule has 0 atom stereocenters. The number of hydrogen-bond acceptors (Lipinski definition) is 3. The number of nitrogens with one attached hydrogen (secondary N) is 1. The molecule has 1 N–H and O–H groups in total. The standard InChI is InChI=1S/C12H11FN2O2/c1-8-6-11(17-15-8)7-12(16)14-10-4-2-9(13)3-5-10/h2-6H,7H2,1H3,(H,14,16). The molecule has 0 saturated heterocycles. The quantitative estimate of drug-likeness (QED) is 0.886. The van der Waals surface area contributed by atoms with Gasteiger partial charge in [-0.15, -0.1) is 0 Å². The highest BCUT2D eigenvalue weighted by Crippen LogP contribution is 2.09. The summed E-state index contributed by atoms with van der Waals surface area (Å²) in [6, 6.07) is 7.27. The van der Waals surface area contributed by atoms with E-state index in [1.54, 1.807) is 13.0 Å². The van der Waals surface area contributed by atoms with Gasteiger partial charge in [0.2, 0.25) is 5.91 Å². The number of hydrogen-bond donors (Lipinski definition) is 1. The average Bonchev–Trinajstić information content (AvgIpc) is 2.67. The lowest BCUT2D eigenvalue weighted by Gasteiger charge is -2.02. The van der Waals surface area contributed by atoms with E-state index in [2.05, 4.69) is 10.5 Å². The first-order valence-electron chi connectivity index (χ1n) is 5.11. The molecule has 4 nitrogen and oxygen atoms in total. The molecule has 0 radical (unpaired) electrons. The van der Waals surface area contributed by atoms with E-state index in [0.717, 1.165) is 5.69 Å². The lowest BCUT2D eigenvalue weighted by atomic mass is 10.2. The van der Waals surface area contributed by atoms with Gasteiger partial charge < -0.3 is 9.84 Å². The van der Waals surface area contributed by atoms with E-state index in [1.165, 1.54) is 24.3 Å². The molecule has 2 rings (SSSR count). The van der Waals surface area contributed by atoms with E-state index in [1.807, 2.05) is 0 Å². The Morgan fingerprint density at radius 1 is 1.41 bits per heavy atom. The summed E-state index contributed by atoms with van der Waals surface area (Å²) in [5.74, 6) is -0.0660. The number of halogens is 1. The van der Waals surface area contributed by atoms with Crippen molar-refractivity contribution in [2.24, 2.45) is 0 Å². The molecule has 0 aliphatic heterocycles. The van der Waals surface area contributed by atoms with E-state index < -0.39 is 0 Å². The van der Waals surface area contributed by atoms with Gasteiger partial charge in [-0.25, -0.2) is 4.39 Å². The molecule has 0 spiro atoms. The van der Waals surface area contributed by atoms with Gasteiger partial charge in [0.25, 0.3) is 0 Å². The van der Waals surface area contributed by atoms with Crippen LogP contribution in [0.25, 0.3) is 0 Å². The van der Waals surface area contributed by atoms with E-state index in [9.17, 15) is 9.18 Å². The minimum absolute atomic E-state index is 0.109. The fraction of sp³-hybridized carbons (Fsp3) is 0.167. The monoisotopic (exact) mass is 234 g/mol. The van der Waals surface area contributed by atoms with Gasteiger partial charge in [0.05, 0.1) is 12.1 Å². The van der Waals surface area contributed by atoms with Crippen LogP contribution < -0.4 is 5.32 Å². The minimum Gasteiger partial charge on any atom is -0.361 e. The van der Waals surface area contributed by atoms with Crippen LogP contribution in [0.2, 0.25) is 0 Å². The number of rotatable bonds is 3. The molecule has 2 aromatic rings. The van der Waals surface area contributed by atoms with Gasteiger partial charge in [0.1, 0.15) is 11.6 Å². The van der Waals surface area contributed by atoms with E-state index >= 15 is 0 Å². The van der Waals surface area contributed by atoms with Crippen LogP contribution >= 0.6 is 0 Å². The number of carbonyl (C=O) groups is 1. The lowest BCUT2D eigenvalue weighted by molar-refractivity contribution is -0.115. The van der Waals surface area contributed by atoms with Crippen molar-refractivity contribution in [1.82, 2.24) is 5.16 Å². The predicted octanol–water partition coefficient (Wildman–Crippen LogP) is 2.30. The van der Waals surface area contributed by atoms with Crippen molar-refractivity contribution in [2.45, 2.75) is 13.3 Å².